The molecular formula is C21H26F2N4O3. The molecule has 2 fully saturated rings. The summed E-state index contributed by atoms with van der Waals surface area (Å²) in [6.45, 7) is 5.99. The van der Waals surface area contributed by atoms with E-state index in [4.69, 9.17) is 0 Å². The third kappa shape index (κ3) is 3.50. The Bertz CT molecular complexity index is 1040. The lowest BCUT2D eigenvalue weighted by atomic mass is 10.00. The maximum atomic E-state index is 14.5. The van der Waals surface area contributed by atoms with Crippen molar-refractivity contribution in [3.63, 3.8) is 0 Å². The number of hydrogen-bond donors (Lipinski definition) is 0. The van der Waals surface area contributed by atoms with Gasteiger partial charge in [0.1, 0.15) is 17.0 Å². The largest absolute Gasteiger partial charge is 0.346 e. The Hall–Kier alpha value is -2.71. The molecule has 0 aliphatic carbocycles. The van der Waals surface area contributed by atoms with Gasteiger partial charge in [0.2, 0.25) is 0 Å². The lowest BCUT2D eigenvalue weighted by Gasteiger charge is -2.32. The Balaban J connectivity index is 1.84. The summed E-state index contributed by atoms with van der Waals surface area (Å²) < 4.78 is 30.0. The first-order chi connectivity index (χ1) is 14.3. The van der Waals surface area contributed by atoms with Crippen molar-refractivity contribution in [3.8, 4) is 0 Å². The molecule has 0 spiro atoms. The zero-order chi connectivity index (χ0) is 21.6. The van der Waals surface area contributed by atoms with Crippen molar-refractivity contribution in [2.24, 2.45) is 11.8 Å². The second-order valence-corrected chi connectivity index (χ2v) is 8.61. The fraction of sp³-hybridized carbons (Fsp3) is 0.571. The summed E-state index contributed by atoms with van der Waals surface area (Å²) in [7, 11) is 0. The molecule has 1 aromatic heterocycles. The Kier molecular flexibility index (Phi) is 5.38. The number of carbonyl (C=O) groups excluding carboxylic acids is 2. The van der Waals surface area contributed by atoms with E-state index in [1.807, 2.05) is 0 Å². The van der Waals surface area contributed by atoms with E-state index in [0.29, 0.717) is 48.8 Å². The first-order valence-corrected chi connectivity index (χ1v) is 10.5. The van der Waals surface area contributed by atoms with Crippen molar-refractivity contribution in [3.05, 3.63) is 34.1 Å². The van der Waals surface area contributed by atoms with Crippen LogP contribution in [-0.2, 0) is 0 Å². The fourth-order valence-electron chi connectivity index (χ4n) is 4.27. The molecule has 2 saturated heterocycles. The number of halogens is 2. The standard InChI is InChI=1S/C21H26F2N4O3/c1-13-3-7-24(8-4-13)20(29)26-17-12-15(22)11-16(23)18(17)19(28)27(26)21(30)25-9-5-14(2)6-10-25/h11-14H,3-10H2,1-2H3. The third-order valence-electron chi connectivity index (χ3n) is 6.34. The Labute approximate surface area is 172 Å². The molecule has 9 heteroatoms. The van der Waals surface area contributed by atoms with Crippen LogP contribution in [0.2, 0.25) is 0 Å². The van der Waals surface area contributed by atoms with E-state index in [1.54, 1.807) is 0 Å². The van der Waals surface area contributed by atoms with Crippen LogP contribution in [-0.4, -0.2) is 57.4 Å². The van der Waals surface area contributed by atoms with Crippen LogP contribution in [0.3, 0.4) is 0 Å². The number of piperidine rings is 2. The van der Waals surface area contributed by atoms with Crippen LogP contribution >= 0.6 is 0 Å². The Morgan fingerprint density at radius 1 is 0.833 bits per heavy atom. The van der Waals surface area contributed by atoms with Crippen molar-refractivity contribution in [1.82, 2.24) is 19.2 Å². The molecule has 0 bridgehead atoms. The maximum absolute atomic E-state index is 14.5. The molecule has 4 rings (SSSR count). The molecule has 0 unspecified atom stereocenters. The first kappa shape index (κ1) is 20.6. The van der Waals surface area contributed by atoms with Gasteiger partial charge in [0.05, 0.1) is 5.52 Å². The Morgan fingerprint density at radius 3 is 1.80 bits per heavy atom. The first-order valence-electron chi connectivity index (χ1n) is 10.5. The number of nitrogens with zero attached hydrogens (tertiary/aromatic N) is 4. The number of rotatable bonds is 0. The summed E-state index contributed by atoms with van der Waals surface area (Å²) in [5.41, 5.74) is -1.16. The SMILES string of the molecule is CC1CCN(C(=O)n2c(=O)c3c(F)cc(F)cc3n2C(=O)N2CCC(C)CC2)CC1. The summed E-state index contributed by atoms with van der Waals surface area (Å²) >= 11 is 0. The van der Waals surface area contributed by atoms with Gasteiger partial charge in [0, 0.05) is 38.3 Å². The topological polar surface area (TPSA) is 67.5 Å². The number of likely N-dealkylation sites (tertiary alicyclic amines) is 2. The van der Waals surface area contributed by atoms with Crippen LogP contribution in [0, 0.1) is 23.5 Å². The minimum atomic E-state index is -1.08. The van der Waals surface area contributed by atoms with Crippen LogP contribution in [0.15, 0.2) is 16.9 Å². The average Bonchev–Trinajstić information content (AvgIpc) is 3.00. The Morgan fingerprint density at radius 2 is 1.30 bits per heavy atom. The second kappa shape index (κ2) is 7.85. The number of fused-ring (bicyclic) bond motifs is 1. The van der Waals surface area contributed by atoms with Crippen molar-refractivity contribution in [1.29, 1.82) is 0 Å². The average molecular weight is 420 g/mol. The maximum Gasteiger partial charge on any atom is 0.346 e. The van der Waals surface area contributed by atoms with E-state index in [9.17, 15) is 23.2 Å². The highest BCUT2D eigenvalue weighted by atomic mass is 19.1. The van der Waals surface area contributed by atoms with Gasteiger partial charge in [-0.25, -0.2) is 18.4 Å². The van der Waals surface area contributed by atoms with Gasteiger partial charge in [0.15, 0.2) is 0 Å². The van der Waals surface area contributed by atoms with Crippen LogP contribution in [0.25, 0.3) is 10.9 Å². The summed E-state index contributed by atoms with van der Waals surface area (Å²) in [6, 6.07) is 0.240. The monoisotopic (exact) mass is 420 g/mol. The third-order valence-corrected chi connectivity index (χ3v) is 6.34. The number of amides is 2. The van der Waals surface area contributed by atoms with Gasteiger partial charge in [-0.15, -0.1) is 0 Å². The normalized spacial score (nSPS) is 18.9. The predicted molar refractivity (Wildman–Crippen MR) is 108 cm³/mol. The zero-order valence-electron chi connectivity index (χ0n) is 17.2. The summed E-state index contributed by atoms with van der Waals surface area (Å²) in [5, 5.41) is -0.450. The van der Waals surface area contributed by atoms with Gasteiger partial charge in [-0.2, -0.15) is 9.36 Å². The summed E-state index contributed by atoms with van der Waals surface area (Å²) in [4.78, 5) is 42.6. The quantitative estimate of drug-likeness (QED) is 0.655. The highest BCUT2D eigenvalue weighted by Crippen LogP contribution is 2.23. The number of aromatic nitrogens is 2. The van der Waals surface area contributed by atoms with Gasteiger partial charge in [-0.1, -0.05) is 13.8 Å². The van der Waals surface area contributed by atoms with Gasteiger partial charge in [-0.05, 0) is 37.5 Å². The van der Waals surface area contributed by atoms with Gasteiger partial charge >= 0.3 is 12.1 Å². The molecule has 0 radical (unpaired) electrons. The minimum Gasteiger partial charge on any atom is -0.323 e. The summed E-state index contributed by atoms with van der Waals surface area (Å²) in [5.74, 6) is -1.07. The molecule has 7 nitrogen and oxygen atoms in total. The van der Waals surface area contributed by atoms with Crippen molar-refractivity contribution in [2.45, 2.75) is 39.5 Å². The zero-order valence-corrected chi connectivity index (χ0v) is 17.2. The molecular weight excluding hydrogens is 394 g/mol. The lowest BCUT2D eigenvalue weighted by molar-refractivity contribution is 0.156. The minimum absolute atomic E-state index is 0.222. The lowest BCUT2D eigenvalue weighted by Crippen LogP contribution is -2.49. The number of carbonyl (C=O) groups is 2. The van der Waals surface area contributed by atoms with E-state index in [1.165, 1.54) is 9.80 Å². The van der Waals surface area contributed by atoms with E-state index in [-0.39, 0.29) is 5.52 Å². The van der Waals surface area contributed by atoms with E-state index in [2.05, 4.69) is 13.8 Å². The predicted octanol–water partition coefficient (Wildman–Crippen LogP) is 3.48. The van der Waals surface area contributed by atoms with Crippen molar-refractivity contribution in [2.75, 3.05) is 26.2 Å². The second-order valence-electron chi connectivity index (χ2n) is 8.61. The smallest absolute Gasteiger partial charge is 0.323 e. The fourth-order valence-corrected chi connectivity index (χ4v) is 4.27. The molecule has 0 saturated carbocycles. The van der Waals surface area contributed by atoms with E-state index in [0.717, 1.165) is 36.4 Å². The van der Waals surface area contributed by atoms with Crippen molar-refractivity contribution < 1.29 is 18.4 Å². The molecule has 30 heavy (non-hydrogen) atoms. The number of hydrogen-bond acceptors (Lipinski definition) is 3. The van der Waals surface area contributed by atoms with Crippen LogP contribution < -0.4 is 5.56 Å². The molecule has 2 aliphatic heterocycles. The highest BCUT2D eigenvalue weighted by molar-refractivity contribution is 5.94. The number of benzene rings is 1. The van der Waals surface area contributed by atoms with Gasteiger partial charge < -0.3 is 9.80 Å². The van der Waals surface area contributed by atoms with Crippen LogP contribution in [0.4, 0.5) is 18.4 Å². The molecule has 2 aromatic rings. The molecule has 1 aromatic carbocycles. The summed E-state index contributed by atoms with van der Waals surface area (Å²) in [6.07, 6.45) is 3.13. The van der Waals surface area contributed by atoms with E-state index >= 15 is 0 Å². The molecule has 3 heterocycles. The molecule has 162 valence electrons. The van der Waals surface area contributed by atoms with E-state index < -0.39 is 34.6 Å². The van der Waals surface area contributed by atoms with Crippen LogP contribution in [0.1, 0.15) is 39.5 Å². The van der Waals surface area contributed by atoms with Gasteiger partial charge in [0.25, 0.3) is 5.56 Å². The molecule has 0 N–H and O–H groups in total. The highest BCUT2D eigenvalue weighted by Gasteiger charge is 2.32. The molecule has 2 aliphatic rings. The molecule has 2 amide bonds. The van der Waals surface area contributed by atoms with Gasteiger partial charge in [-0.3, -0.25) is 4.79 Å². The molecule has 0 atom stereocenters. The van der Waals surface area contributed by atoms with Crippen molar-refractivity contribution >= 4 is 23.0 Å². The van der Waals surface area contributed by atoms with Crippen LogP contribution in [0.5, 0.6) is 0 Å².